The number of pyridine rings is 2. The van der Waals surface area contributed by atoms with Crippen LogP contribution in [0.25, 0.3) is 44.5 Å². The molecule has 0 bridgehead atoms. The number of nitrogens with zero attached hydrogens (tertiary/aromatic N) is 5. The molecule has 36 heavy (non-hydrogen) atoms. The molecule has 5 heterocycles. The number of H-pyrrole nitrogens is 2. The first kappa shape index (κ1) is 21.9. The second kappa shape index (κ2) is 8.91. The minimum absolute atomic E-state index is 0.0224. The summed E-state index contributed by atoms with van der Waals surface area (Å²) >= 11 is 0. The number of piperidine rings is 1. The van der Waals surface area contributed by atoms with Crippen LogP contribution >= 0.6 is 0 Å². The number of carbonyl (C=O) groups excluding carboxylic acids is 1. The Hall–Kier alpha value is -4.55. The number of aromatic amines is 2. The van der Waals surface area contributed by atoms with E-state index in [4.69, 9.17) is 0 Å². The summed E-state index contributed by atoms with van der Waals surface area (Å²) in [5, 5.41) is 21.6. The van der Waals surface area contributed by atoms with E-state index in [0.717, 1.165) is 64.7 Å². The molecule has 1 amide bonds. The minimum atomic E-state index is 0.0224. The maximum absolute atomic E-state index is 12.8. The smallest absolute Gasteiger partial charge is 0.227 e. The summed E-state index contributed by atoms with van der Waals surface area (Å²) in [5.41, 5.74) is 6.08. The standard InChI is InChI=1S/C27H24N8O/c1-35-7-5-16(6-8-35)27(36)31-20-9-18(13-29-15-20)19-10-22-25(33-34-26(22)30-14-19)24-11-21-17(12-28)3-2-4-23(21)32-24/h2-4,9-11,13-16,32H,5-8H2,1H3,(H,31,36)(H,30,33,34). The van der Waals surface area contributed by atoms with Gasteiger partial charge in [0.2, 0.25) is 5.91 Å². The van der Waals surface area contributed by atoms with Crippen LogP contribution in [0.4, 0.5) is 5.69 Å². The van der Waals surface area contributed by atoms with Crippen molar-refractivity contribution in [1.82, 2.24) is 30.0 Å². The van der Waals surface area contributed by atoms with Gasteiger partial charge in [0.25, 0.3) is 0 Å². The molecule has 4 aromatic heterocycles. The predicted molar refractivity (Wildman–Crippen MR) is 138 cm³/mol. The highest BCUT2D eigenvalue weighted by Crippen LogP contribution is 2.32. The number of likely N-dealkylation sites (tertiary alicyclic amines) is 1. The molecule has 3 N–H and O–H groups in total. The predicted octanol–water partition coefficient (Wildman–Crippen LogP) is 4.32. The first-order valence-electron chi connectivity index (χ1n) is 11.9. The van der Waals surface area contributed by atoms with Crippen molar-refractivity contribution in [3.05, 3.63) is 60.6 Å². The highest BCUT2D eigenvalue weighted by atomic mass is 16.1. The summed E-state index contributed by atoms with van der Waals surface area (Å²) in [6.45, 7) is 1.87. The molecule has 6 rings (SSSR count). The molecular formula is C27H24N8O. The van der Waals surface area contributed by atoms with E-state index >= 15 is 0 Å². The second-order valence-electron chi connectivity index (χ2n) is 9.28. The molecule has 5 aromatic rings. The average Bonchev–Trinajstić information content (AvgIpc) is 3.52. The van der Waals surface area contributed by atoms with Gasteiger partial charge >= 0.3 is 0 Å². The third kappa shape index (κ3) is 3.97. The van der Waals surface area contributed by atoms with Crippen molar-refractivity contribution in [2.45, 2.75) is 12.8 Å². The van der Waals surface area contributed by atoms with E-state index in [0.29, 0.717) is 16.9 Å². The number of amides is 1. The van der Waals surface area contributed by atoms with Gasteiger partial charge in [-0.2, -0.15) is 10.4 Å². The largest absolute Gasteiger partial charge is 0.353 e. The van der Waals surface area contributed by atoms with E-state index in [2.05, 4.69) is 48.5 Å². The molecule has 0 saturated carbocycles. The Balaban J connectivity index is 1.31. The Morgan fingerprint density at radius 1 is 1.11 bits per heavy atom. The molecule has 9 nitrogen and oxygen atoms in total. The van der Waals surface area contributed by atoms with Gasteiger partial charge in [-0.05, 0) is 63.3 Å². The molecule has 0 atom stereocenters. The van der Waals surface area contributed by atoms with Crippen molar-refractivity contribution < 1.29 is 4.79 Å². The molecule has 1 fully saturated rings. The fourth-order valence-electron chi connectivity index (χ4n) is 4.83. The lowest BCUT2D eigenvalue weighted by atomic mass is 9.96. The number of carbonyl (C=O) groups is 1. The van der Waals surface area contributed by atoms with Crippen LogP contribution in [-0.2, 0) is 4.79 Å². The number of nitrogens with one attached hydrogen (secondary N) is 3. The number of anilines is 1. The molecule has 178 valence electrons. The number of benzene rings is 1. The van der Waals surface area contributed by atoms with Gasteiger partial charge in [-0.1, -0.05) is 6.07 Å². The fourth-order valence-corrected chi connectivity index (χ4v) is 4.83. The van der Waals surface area contributed by atoms with Crippen LogP contribution in [0.3, 0.4) is 0 Å². The summed E-state index contributed by atoms with van der Waals surface area (Å²) < 4.78 is 0. The van der Waals surface area contributed by atoms with E-state index in [1.807, 2.05) is 30.3 Å². The first-order valence-corrected chi connectivity index (χ1v) is 11.9. The highest BCUT2D eigenvalue weighted by Gasteiger charge is 2.23. The maximum Gasteiger partial charge on any atom is 0.227 e. The van der Waals surface area contributed by atoms with Crippen LogP contribution in [-0.4, -0.2) is 56.1 Å². The number of fused-ring (bicyclic) bond motifs is 2. The van der Waals surface area contributed by atoms with Crippen molar-refractivity contribution in [1.29, 1.82) is 5.26 Å². The van der Waals surface area contributed by atoms with Crippen molar-refractivity contribution in [2.24, 2.45) is 5.92 Å². The zero-order chi connectivity index (χ0) is 24.6. The molecule has 0 unspecified atom stereocenters. The van der Waals surface area contributed by atoms with Crippen LogP contribution in [0.2, 0.25) is 0 Å². The average molecular weight is 477 g/mol. The summed E-state index contributed by atoms with van der Waals surface area (Å²) in [5.74, 6) is 0.0671. The third-order valence-electron chi connectivity index (χ3n) is 6.89. The monoisotopic (exact) mass is 476 g/mol. The molecule has 1 aliphatic rings. The number of rotatable bonds is 4. The van der Waals surface area contributed by atoms with Crippen molar-refractivity contribution in [3.8, 4) is 28.6 Å². The van der Waals surface area contributed by atoms with Gasteiger partial charge in [0.15, 0.2) is 5.65 Å². The third-order valence-corrected chi connectivity index (χ3v) is 6.89. The van der Waals surface area contributed by atoms with E-state index < -0.39 is 0 Å². The SMILES string of the molecule is CN1CCC(C(=O)Nc2cncc(-c3cnc4n[nH]c(-c5cc6c(C#N)cccc6[nH]5)c4c3)c2)CC1. The van der Waals surface area contributed by atoms with Gasteiger partial charge in [-0.3, -0.25) is 14.9 Å². The lowest BCUT2D eigenvalue weighted by Crippen LogP contribution is -2.35. The number of hydrogen-bond acceptors (Lipinski definition) is 6. The summed E-state index contributed by atoms with van der Waals surface area (Å²) in [7, 11) is 2.08. The highest BCUT2D eigenvalue weighted by molar-refractivity contribution is 5.97. The molecular weight excluding hydrogens is 452 g/mol. The molecule has 1 aromatic carbocycles. The lowest BCUT2D eigenvalue weighted by Gasteiger charge is -2.28. The normalized spacial score (nSPS) is 14.8. The van der Waals surface area contributed by atoms with Crippen molar-refractivity contribution in [3.63, 3.8) is 0 Å². The Morgan fingerprint density at radius 2 is 1.94 bits per heavy atom. The molecule has 0 spiro atoms. The van der Waals surface area contributed by atoms with Gasteiger partial charge in [0.05, 0.1) is 34.9 Å². The Labute approximate surface area is 207 Å². The van der Waals surface area contributed by atoms with Crippen LogP contribution in [0, 0.1) is 17.2 Å². The van der Waals surface area contributed by atoms with Crippen molar-refractivity contribution in [2.75, 3.05) is 25.5 Å². The van der Waals surface area contributed by atoms with Crippen LogP contribution in [0.15, 0.2) is 55.0 Å². The first-order chi connectivity index (χ1) is 17.6. The Kier molecular flexibility index (Phi) is 5.43. The Morgan fingerprint density at radius 3 is 2.78 bits per heavy atom. The molecule has 0 radical (unpaired) electrons. The molecule has 9 heteroatoms. The molecule has 1 saturated heterocycles. The fraction of sp³-hybridized carbons (Fsp3) is 0.222. The summed E-state index contributed by atoms with van der Waals surface area (Å²) in [6, 6.07) is 13.7. The maximum atomic E-state index is 12.8. The van der Waals surface area contributed by atoms with Gasteiger partial charge < -0.3 is 15.2 Å². The zero-order valence-corrected chi connectivity index (χ0v) is 19.7. The molecule has 0 aliphatic carbocycles. The molecule has 1 aliphatic heterocycles. The lowest BCUT2D eigenvalue weighted by molar-refractivity contribution is -0.121. The van der Waals surface area contributed by atoms with Crippen LogP contribution in [0.5, 0.6) is 0 Å². The van der Waals surface area contributed by atoms with E-state index in [-0.39, 0.29) is 11.8 Å². The van der Waals surface area contributed by atoms with Gasteiger partial charge in [-0.25, -0.2) is 4.98 Å². The minimum Gasteiger partial charge on any atom is -0.353 e. The van der Waals surface area contributed by atoms with Crippen LogP contribution in [0.1, 0.15) is 18.4 Å². The Bertz CT molecular complexity index is 1630. The number of aromatic nitrogens is 5. The van der Waals surface area contributed by atoms with Crippen molar-refractivity contribution >= 4 is 33.5 Å². The summed E-state index contributed by atoms with van der Waals surface area (Å²) in [4.78, 5) is 27.3. The summed E-state index contributed by atoms with van der Waals surface area (Å²) in [6.07, 6.45) is 6.91. The van der Waals surface area contributed by atoms with Gasteiger partial charge in [-0.15, -0.1) is 0 Å². The van der Waals surface area contributed by atoms with E-state index in [1.165, 1.54) is 0 Å². The van der Waals surface area contributed by atoms with E-state index in [1.54, 1.807) is 24.7 Å². The van der Waals surface area contributed by atoms with Gasteiger partial charge in [0.1, 0.15) is 0 Å². The second-order valence-corrected chi connectivity index (χ2v) is 9.28. The number of nitriles is 1. The van der Waals surface area contributed by atoms with E-state index in [9.17, 15) is 10.1 Å². The quantitative estimate of drug-likeness (QED) is 0.355. The zero-order valence-electron chi connectivity index (χ0n) is 19.7. The van der Waals surface area contributed by atoms with Gasteiger partial charge in [0, 0.05) is 45.7 Å². The topological polar surface area (TPSA) is 126 Å². The van der Waals surface area contributed by atoms with Crippen LogP contribution < -0.4 is 5.32 Å². The number of hydrogen-bond donors (Lipinski definition) is 3.